The lowest BCUT2D eigenvalue weighted by Gasteiger charge is -2.06. The number of hydrazine groups is 1. The van der Waals surface area contributed by atoms with E-state index >= 15 is 0 Å². The summed E-state index contributed by atoms with van der Waals surface area (Å²) in [6.45, 7) is 5.80. The summed E-state index contributed by atoms with van der Waals surface area (Å²) in [6, 6.07) is 7.24. The van der Waals surface area contributed by atoms with Gasteiger partial charge in [0.05, 0.1) is 0 Å². The van der Waals surface area contributed by atoms with Crippen molar-refractivity contribution in [2.45, 2.75) is 13.3 Å². The molecular formula is C15H16N2O3. The normalized spacial score (nSPS) is 10.4. The van der Waals surface area contributed by atoms with Crippen molar-refractivity contribution < 1.29 is 9.21 Å². The van der Waals surface area contributed by atoms with Crippen LogP contribution in [0.5, 0.6) is 0 Å². The van der Waals surface area contributed by atoms with Crippen molar-refractivity contribution in [2.75, 3.05) is 6.54 Å². The van der Waals surface area contributed by atoms with E-state index in [1.54, 1.807) is 0 Å². The molecule has 1 amide bonds. The first-order valence-corrected chi connectivity index (χ1v) is 6.29. The SMILES string of the molecule is C=CC(=O)NNCCc1ccc2c(C)cc(=O)oc2c1. The number of benzene rings is 1. The maximum Gasteiger partial charge on any atom is 0.336 e. The van der Waals surface area contributed by atoms with Crippen molar-refractivity contribution >= 4 is 16.9 Å². The molecule has 0 spiro atoms. The van der Waals surface area contributed by atoms with Gasteiger partial charge in [-0.15, -0.1) is 0 Å². The van der Waals surface area contributed by atoms with Gasteiger partial charge in [0.1, 0.15) is 5.58 Å². The van der Waals surface area contributed by atoms with Gasteiger partial charge >= 0.3 is 5.63 Å². The number of fused-ring (bicyclic) bond motifs is 1. The Bertz CT molecular complexity index is 704. The highest BCUT2D eigenvalue weighted by Crippen LogP contribution is 2.18. The van der Waals surface area contributed by atoms with Gasteiger partial charge in [0.15, 0.2) is 0 Å². The average molecular weight is 272 g/mol. The van der Waals surface area contributed by atoms with Crippen LogP contribution in [0.2, 0.25) is 0 Å². The van der Waals surface area contributed by atoms with Gasteiger partial charge in [-0.2, -0.15) is 0 Å². The highest BCUT2D eigenvalue weighted by molar-refractivity contribution is 5.86. The second-order valence-corrected chi connectivity index (χ2v) is 4.45. The Hall–Kier alpha value is -2.40. The lowest BCUT2D eigenvalue weighted by atomic mass is 10.1. The fourth-order valence-electron chi connectivity index (χ4n) is 1.93. The Kier molecular flexibility index (Phi) is 4.32. The number of amides is 1. The third-order valence-corrected chi connectivity index (χ3v) is 2.95. The Morgan fingerprint density at radius 3 is 2.95 bits per heavy atom. The molecule has 0 atom stereocenters. The molecule has 2 aromatic rings. The zero-order valence-electron chi connectivity index (χ0n) is 11.2. The summed E-state index contributed by atoms with van der Waals surface area (Å²) in [4.78, 5) is 22.3. The van der Waals surface area contributed by atoms with Crippen molar-refractivity contribution in [1.29, 1.82) is 0 Å². The van der Waals surface area contributed by atoms with Crippen LogP contribution in [-0.2, 0) is 11.2 Å². The van der Waals surface area contributed by atoms with Crippen molar-refractivity contribution in [2.24, 2.45) is 0 Å². The molecule has 0 aliphatic heterocycles. The van der Waals surface area contributed by atoms with Crippen LogP contribution in [-0.4, -0.2) is 12.5 Å². The lowest BCUT2D eigenvalue weighted by molar-refractivity contribution is -0.117. The molecule has 0 aliphatic rings. The fourth-order valence-corrected chi connectivity index (χ4v) is 1.93. The number of rotatable bonds is 5. The molecular weight excluding hydrogens is 256 g/mol. The molecule has 0 fully saturated rings. The largest absolute Gasteiger partial charge is 0.423 e. The molecule has 0 unspecified atom stereocenters. The van der Waals surface area contributed by atoms with E-state index in [4.69, 9.17) is 4.42 Å². The second kappa shape index (κ2) is 6.16. The van der Waals surface area contributed by atoms with Gasteiger partial charge in [-0.3, -0.25) is 10.2 Å². The molecule has 5 nitrogen and oxygen atoms in total. The first kappa shape index (κ1) is 14.0. The molecule has 2 N–H and O–H groups in total. The highest BCUT2D eigenvalue weighted by atomic mass is 16.4. The molecule has 1 aromatic carbocycles. The summed E-state index contributed by atoms with van der Waals surface area (Å²) in [5.41, 5.74) is 7.43. The van der Waals surface area contributed by atoms with E-state index in [9.17, 15) is 9.59 Å². The van der Waals surface area contributed by atoms with Crippen LogP contribution in [0.15, 0.2) is 46.1 Å². The molecule has 5 heteroatoms. The van der Waals surface area contributed by atoms with E-state index in [1.807, 2.05) is 25.1 Å². The summed E-state index contributed by atoms with van der Waals surface area (Å²) in [5, 5.41) is 0.932. The molecule has 0 aliphatic carbocycles. The van der Waals surface area contributed by atoms with Crippen LogP contribution in [0, 0.1) is 6.92 Å². The average Bonchev–Trinajstić information content (AvgIpc) is 2.42. The fraction of sp³-hybridized carbons (Fsp3) is 0.200. The van der Waals surface area contributed by atoms with Gasteiger partial charge in [0.2, 0.25) is 0 Å². The smallest absolute Gasteiger partial charge is 0.336 e. The van der Waals surface area contributed by atoms with Crippen LogP contribution >= 0.6 is 0 Å². The quantitative estimate of drug-likeness (QED) is 0.374. The van der Waals surface area contributed by atoms with Gasteiger partial charge in [0.25, 0.3) is 5.91 Å². The number of carbonyl (C=O) groups is 1. The summed E-state index contributed by atoms with van der Waals surface area (Å²) in [7, 11) is 0. The van der Waals surface area contributed by atoms with Crippen molar-refractivity contribution in [3.05, 3.63) is 58.5 Å². The number of carbonyl (C=O) groups excluding carboxylic acids is 1. The minimum atomic E-state index is -0.344. The Balaban J connectivity index is 2.06. The summed E-state index contributed by atoms with van der Waals surface area (Å²) in [6.07, 6.45) is 1.89. The zero-order chi connectivity index (χ0) is 14.5. The van der Waals surface area contributed by atoms with Crippen molar-refractivity contribution in [3.63, 3.8) is 0 Å². The minimum Gasteiger partial charge on any atom is -0.423 e. The number of nitrogens with one attached hydrogen (secondary N) is 2. The van der Waals surface area contributed by atoms with Gasteiger partial charge < -0.3 is 4.42 Å². The highest BCUT2D eigenvalue weighted by Gasteiger charge is 2.03. The van der Waals surface area contributed by atoms with Crippen molar-refractivity contribution in [1.82, 2.24) is 10.9 Å². The molecule has 0 radical (unpaired) electrons. The number of aryl methyl sites for hydroxylation is 1. The standard InChI is InChI=1S/C15H16N2O3/c1-3-14(18)17-16-7-6-11-4-5-12-10(2)8-15(19)20-13(12)9-11/h3-5,8-9,16H,1,6-7H2,2H3,(H,17,18). The number of hydrogen-bond acceptors (Lipinski definition) is 4. The van der Waals surface area contributed by atoms with Crippen molar-refractivity contribution in [3.8, 4) is 0 Å². The van der Waals surface area contributed by atoms with Gasteiger partial charge in [-0.25, -0.2) is 10.2 Å². The molecule has 2 rings (SSSR count). The third kappa shape index (κ3) is 3.33. The first-order chi connectivity index (χ1) is 9.60. The topological polar surface area (TPSA) is 71.3 Å². The van der Waals surface area contributed by atoms with Crippen LogP contribution in [0.1, 0.15) is 11.1 Å². The Morgan fingerprint density at radius 2 is 2.20 bits per heavy atom. The summed E-state index contributed by atoms with van der Waals surface area (Å²) >= 11 is 0. The van der Waals surface area contributed by atoms with Crippen LogP contribution in [0.3, 0.4) is 0 Å². The van der Waals surface area contributed by atoms with Crippen LogP contribution in [0.4, 0.5) is 0 Å². The molecule has 1 heterocycles. The Labute approximate surface area is 116 Å². The second-order valence-electron chi connectivity index (χ2n) is 4.45. The van der Waals surface area contributed by atoms with E-state index in [0.29, 0.717) is 18.5 Å². The van der Waals surface area contributed by atoms with E-state index in [-0.39, 0.29) is 11.5 Å². The maximum absolute atomic E-state index is 11.3. The van der Waals surface area contributed by atoms with Gasteiger partial charge in [-0.05, 0) is 36.6 Å². The van der Waals surface area contributed by atoms with E-state index in [1.165, 1.54) is 12.1 Å². The molecule has 1 aromatic heterocycles. The summed E-state index contributed by atoms with van der Waals surface area (Å²) in [5.74, 6) is -0.273. The summed E-state index contributed by atoms with van der Waals surface area (Å²) < 4.78 is 5.19. The van der Waals surface area contributed by atoms with E-state index in [0.717, 1.165) is 16.5 Å². The molecule has 0 saturated carbocycles. The van der Waals surface area contributed by atoms with Crippen LogP contribution in [0.25, 0.3) is 11.0 Å². The first-order valence-electron chi connectivity index (χ1n) is 6.29. The zero-order valence-corrected chi connectivity index (χ0v) is 11.2. The molecule has 104 valence electrons. The minimum absolute atomic E-state index is 0.273. The third-order valence-electron chi connectivity index (χ3n) is 2.95. The monoisotopic (exact) mass is 272 g/mol. The Morgan fingerprint density at radius 1 is 1.40 bits per heavy atom. The predicted octanol–water partition coefficient (Wildman–Crippen LogP) is 1.45. The predicted molar refractivity (Wildman–Crippen MR) is 77.3 cm³/mol. The van der Waals surface area contributed by atoms with E-state index in [2.05, 4.69) is 17.4 Å². The number of hydrogen-bond donors (Lipinski definition) is 2. The lowest BCUT2D eigenvalue weighted by Crippen LogP contribution is -2.37. The maximum atomic E-state index is 11.3. The van der Waals surface area contributed by atoms with Crippen LogP contribution < -0.4 is 16.5 Å². The molecule has 0 bridgehead atoms. The van der Waals surface area contributed by atoms with E-state index < -0.39 is 0 Å². The molecule has 0 saturated heterocycles. The van der Waals surface area contributed by atoms with Gasteiger partial charge in [0, 0.05) is 18.0 Å². The molecule has 20 heavy (non-hydrogen) atoms. The van der Waals surface area contributed by atoms with Gasteiger partial charge in [-0.1, -0.05) is 18.7 Å².